The summed E-state index contributed by atoms with van der Waals surface area (Å²) in [6.07, 6.45) is 25.3. The highest BCUT2D eigenvalue weighted by atomic mass is 31.2. The molecule has 3 N–H and O–H groups in total. The van der Waals surface area contributed by atoms with Gasteiger partial charge in [0.05, 0.1) is 118 Å². The maximum absolute atomic E-state index is 16.2. The fourth-order valence-electron chi connectivity index (χ4n) is 19.2. The summed E-state index contributed by atoms with van der Waals surface area (Å²) in [6, 6.07) is 62.6. The number of amides is 2. The van der Waals surface area contributed by atoms with Crippen molar-refractivity contribution in [1.29, 1.82) is 0 Å². The summed E-state index contributed by atoms with van der Waals surface area (Å²) in [5, 5.41) is 17.6. The van der Waals surface area contributed by atoms with Gasteiger partial charge in [0.25, 0.3) is 0 Å². The number of rotatable bonds is 79. The molecule has 0 spiro atoms. The molecule has 796 valence electrons. The Bertz CT molecular complexity index is 4460. The van der Waals surface area contributed by atoms with E-state index < -0.39 is 137 Å². The van der Waals surface area contributed by atoms with E-state index >= 15 is 24.1 Å². The summed E-state index contributed by atoms with van der Waals surface area (Å²) in [7, 11) is -4.80. The molecule has 3 aliphatic heterocycles. The number of hydrogen-bond donors (Lipinski definition) is 3. The Labute approximate surface area is 864 Å². The number of phosphoric ester groups is 1. The van der Waals surface area contributed by atoms with Crippen LogP contribution in [-0.2, 0) is 142 Å². The van der Waals surface area contributed by atoms with Gasteiger partial charge in [-0.1, -0.05) is 465 Å². The molecule has 10 rings (SSSR count). The number of unbranched alkanes of at least 4 members (excludes halogenated alkanes) is 32. The molecule has 7 aromatic rings. The summed E-state index contributed by atoms with van der Waals surface area (Å²) in [5.74, 6) is -2.49. The fraction of sp³-hybridized carbons (Fsp3) is 0.617. The molecule has 7 aromatic carbocycles. The van der Waals surface area contributed by atoms with Crippen LogP contribution in [0.2, 0.25) is 0 Å². The highest BCUT2D eigenvalue weighted by Gasteiger charge is 2.57. The zero-order valence-electron chi connectivity index (χ0n) is 88.2. The van der Waals surface area contributed by atoms with E-state index in [4.69, 9.17) is 71.8 Å². The van der Waals surface area contributed by atoms with Crippen molar-refractivity contribution < 1.29 is 101 Å². The maximum Gasteiger partial charge on any atom is 0.380 e. The molecule has 0 radical (unpaired) electrons. The molecule has 3 heterocycles. The van der Waals surface area contributed by atoms with Gasteiger partial charge >= 0.3 is 20.1 Å². The van der Waals surface area contributed by atoms with Gasteiger partial charge in [0.1, 0.15) is 43.6 Å². The second kappa shape index (κ2) is 72.6. The van der Waals surface area contributed by atoms with E-state index in [0.717, 1.165) is 162 Å². The van der Waals surface area contributed by atoms with Gasteiger partial charge in [0.15, 0.2) is 30.9 Å². The number of hydrogen-bond acceptors (Lipinski definition) is 21. The third kappa shape index (κ3) is 47.4. The lowest BCUT2D eigenvalue weighted by Gasteiger charge is -2.48. The van der Waals surface area contributed by atoms with Gasteiger partial charge in [-0.3, -0.25) is 19.2 Å². The van der Waals surface area contributed by atoms with Crippen LogP contribution in [0.25, 0.3) is 0 Å². The largest absolute Gasteiger partial charge is 0.606 e. The molecule has 2 amide bonds. The molecule has 0 bridgehead atoms. The van der Waals surface area contributed by atoms with Gasteiger partial charge in [-0.25, -0.2) is 0 Å². The molecule has 15 atom stereocenters. The number of carbonyl (C=O) groups is 4. The first-order valence-electron chi connectivity index (χ1n) is 55.9. The molecular weight excluding hydrogens is 1840 g/mol. The molecule has 3 aliphatic rings. The lowest BCUT2D eigenvalue weighted by Crippen LogP contribution is -2.68. The van der Waals surface area contributed by atoms with Crippen molar-refractivity contribution in [3.05, 3.63) is 251 Å². The van der Waals surface area contributed by atoms with E-state index in [1.54, 1.807) is 0 Å². The first-order valence-corrected chi connectivity index (χ1v) is 56.7. The second-order valence-corrected chi connectivity index (χ2v) is 41.2. The van der Waals surface area contributed by atoms with Gasteiger partial charge < -0.3 is 77.5 Å². The zero-order chi connectivity index (χ0) is 102. The van der Waals surface area contributed by atoms with Gasteiger partial charge in [0.2, 0.25) is 11.8 Å². The standard InChI is InChI=1S/C120H175N2O21P/c1-5-9-13-17-21-25-29-33-55-75-103(131-86-96-63-45-38-46-64-96)81-109(124)121-113-117(141-111(126)83-105(133-88-98-67-49-40-50-68-98)77-57-35-31-27-23-19-15-11-7-3)115(135-90-100-71-53-42-54-72-100)108(140-119(113)130-80-79-123)94-136-120-114(122-110(125)82-104(132-87-97-65-47-39-48-66-97)76-56-34-30-26-22-18-14-10-6-2)118(142-112(127)84-106(134-89-99-69-51-41-52-70-99)78-58-36-32-28-24-20-16-12-8-4)116(107(139-120)93-129-85-95-61-43-37-44-62-95)143-144(128)137-91-101-73-59-60-74-102(101)92-138-144/h37-54,59-74,103-108,113-120,123H,5-36,55-58,75-94H2,1-4H3,(H,121,124)(H,122,125)/t103-,104-,105-,106-,107-,108-,113-,114-,115-,116-,117-,118-,119+,120-/m1/s1/i79T/t79?,103-,104-,105-,106-,107-,108-,113-,114-,115-,116-,117-,118-,119+,120-. The number of aliphatic hydroxyl groups is 1. The van der Waals surface area contributed by atoms with Gasteiger partial charge in [-0.2, -0.15) is 13.6 Å². The molecule has 2 fully saturated rings. The highest BCUT2D eigenvalue weighted by Crippen LogP contribution is 2.59. The predicted molar refractivity (Wildman–Crippen MR) is 565 cm³/mol. The van der Waals surface area contributed by atoms with Gasteiger partial charge in [-0.05, 0) is 70.2 Å². The zero-order valence-corrected chi connectivity index (χ0v) is 88.1. The molecule has 1 unspecified atom stereocenters. The molecule has 144 heavy (non-hydrogen) atoms. The Balaban J connectivity index is 1.08. The Hall–Kier alpha value is -7.75. The lowest BCUT2D eigenvalue weighted by atomic mass is 9.94. The van der Waals surface area contributed by atoms with E-state index in [1.165, 1.54) is 103 Å². The summed E-state index contributed by atoms with van der Waals surface area (Å²) in [4.78, 5) is 79.9. The van der Waals surface area contributed by atoms with E-state index in [-0.39, 0.29) is 85.1 Å². The Kier molecular flexibility index (Phi) is 58.7. The third-order valence-electron chi connectivity index (χ3n) is 27.5. The summed E-state index contributed by atoms with van der Waals surface area (Å²) < 4.78 is 112. The minimum Gasteiger partial charge on any atom is -0.606 e. The minimum atomic E-state index is -4.80. The number of carbonyl (C=O) groups excluding carboxylic acids is 4. The van der Waals surface area contributed by atoms with Crippen molar-refractivity contribution in [3.8, 4) is 0 Å². The third-order valence-corrected chi connectivity index (χ3v) is 28.9. The lowest BCUT2D eigenvalue weighted by molar-refractivity contribution is -0.317. The van der Waals surface area contributed by atoms with Gasteiger partial charge in [-0.15, -0.1) is 0 Å². The molecular formula is C120H175N2O21P. The summed E-state index contributed by atoms with van der Waals surface area (Å²) in [6.45, 7) is 5.87. The van der Waals surface area contributed by atoms with Crippen LogP contribution in [0.4, 0.5) is 0 Å². The number of aliphatic hydroxyl groups excluding tert-OH is 1. The molecule has 0 aromatic heterocycles. The van der Waals surface area contributed by atoms with E-state index in [0.29, 0.717) is 36.8 Å². The Morgan fingerprint density at radius 3 is 0.965 bits per heavy atom. The number of ether oxygens (including phenoxy) is 12. The van der Waals surface area contributed by atoms with Crippen LogP contribution in [0.5, 0.6) is 0 Å². The van der Waals surface area contributed by atoms with Crippen molar-refractivity contribution in [2.45, 2.75) is 449 Å². The van der Waals surface area contributed by atoms with Crippen molar-refractivity contribution in [2.75, 3.05) is 26.4 Å². The average Bonchev–Trinajstić information content (AvgIpc) is 1.62. The smallest absolute Gasteiger partial charge is 0.380 e. The van der Waals surface area contributed by atoms with Crippen LogP contribution in [0.1, 0.15) is 356 Å². The van der Waals surface area contributed by atoms with Crippen LogP contribution in [0, 0.1) is 0 Å². The summed E-state index contributed by atoms with van der Waals surface area (Å²) in [5.41, 5.74) is 6.60. The quantitative estimate of drug-likeness (QED) is 0.0181. The number of phosphoric acid groups is 1. The number of fused-ring (bicyclic) bond motifs is 1. The minimum absolute atomic E-state index is 0.0363. The highest BCUT2D eigenvalue weighted by molar-refractivity contribution is 7.54. The monoisotopic (exact) mass is 2010 g/mol. The molecule has 0 aliphatic carbocycles. The maximum atomic E-state index is 16.2. The number of esters is 2. The fourth-order valence-corrected chi connectivity index (χ4v) is 20.5. The normalized spacial score (nSPS) is 20.0. The van der Waals surface area contributed by atoms with Crippen LogP contribution in [0.15, 0.2) is 206 Å². The van der Waals surface area contributed by atoms with E-state index in [1.807, 2.05) is 206 Å². The molecule has 2 saturated heterocycles. The predicted octanol–water partition coefficient (Wildman–Crippen LogP) is 25.8. The van der Waals surface area contributed by atoms with Crippen LogP contribution in [-0.4, -0.2) is 141 Å². The van der Waals surface area contributed by atoms with Crippen LogP contribution >= 0.6 is 8.17 Å². The van der Waals surface area contributed by atoms with Crippen molar-refractivity contribution in [2.24, 2.45) is 0 Å². The van der Waals surface area contributed by atoms with E-state index in [2.05, 4.69) is 38.3 Å². The SMILES string of the molecule is [3H]C(O)CO[C@H]1O[C@H](CO[C@@H]2O[C@H](COCc3ccccc3)[C@@H](O[P+]3([O-])OCc4ccccc4CO3)[C@H](OC(=O)C[C@@H](CCCCCCCCCCC)OCc3ccccc3)[C@H]2NC(=O)C[C@@H](CCCCCCCCCCC)OCc2ccccc2)[C@@H](OCc2ccccc2)[C@H](OC(=O)C[C@@H](CCCCCCCCCCC)OCc2ccccc2)[C@H]1NC(=O)C[C@@H](CCCCCCCCCCC)OCc1ccccc1. The average molecular weight is 2010 g/mol. The number of nitrogens with one attached hydrogen (secondary N) is 2. The second-order valence-electron chi connectivity index (χ2n) is 39.6. The van der Waals surface area contributed by atoms with Gasteiger partial charge in [0, 0.05) is 0 Å². The van der Waals surface area contributed by atoms with E-state index in [9.17, 15) is 5.11 Å². The number of benzene rings is 7. The molecule has 23 nitrogen and oxygen atoms in total. The molecule has 0 saturated carbocycles. The first-order chi connectivity index (χ1) is 71.1. The van der Waals surface area contributed by atoms with Crippen LogP contribution in [0.3, 0.4) is 0 Å². The topological polar surface area (TPSA) is 274 Å². The molecule has 24 heteroatoms. The summed E-state index contributed by atoms with van der Waals surface area (Å²) >= 11 is 0. The van der Waals surface area contributed by atoms with Crippen molar-refractivity contribution >= 4 is 31.9 Å². The Morgan fingerprint density at radius 2 is 0.632 bits per heavy atom. The Morgan fingerprint density at radius 1 is 0.347 bits per heavy atom. The first kappa shape index (κ1) is 117. The van der Waals surface area contributed by atoms with Crippen molar-refractivity contribution in [3.63, 3.8) is 0 Å². The van der Waals surface area contributed by atoms with Crippen LogP contribution < -0.4 is 15.5 Å². The van der Waals surface area contributed by atoms with Crippen molar-refractivity contribution in [1.82, 2.24) is 10.6 Å².